The van der Waals surface area contributed by atoms with Crippen molar-refractivity contribution < 1.29 is 0 Å². The molecule has 0 spiro atoms. The number of hydrogen-bond acceptors (Lipinski definition) is 1. The fourth-order valence-electron chi connectivity index (χ4n) is 0.653. The molecule has 0 aliphatic carbocycles. The first-order valence-electron chi connectivity index (χ1n) is 3.73. The molecule has 0 amide bonds. The zero-order valence-electron chi connectivity index (χ0n) is 6.34. The molecule has 0 aromatic rings. The van der Waals surface area contributed by atoms with Crippen molar-refractivity contribution in [1.82, 2.24) is 0 Å². The van der Waals surface area contributed by atoms with Gasteiger partial charge in [0.2, 0.25) is 0 Å². The van der Waals surface area contributed by atoms with Gasteiger partial charge in [0, 0.05) is 6.42 Å². The highest BCUT2D eigenvalue weighted by atomic mass is 14.2. The van der Waals surface area contributed by atoms with Crippen molar-refractivity contribution in [2.45, 2.75) is 32.1 Å². The SMILES string of the molecule is [CH2]CCC=CCCCC#N. The molecule has 0 bridgehead atoms. The minimum Gasteiger partial charge on any atom is -0.198 e. The zero-order chi connectivity index (χ0) is 7.66. The molecule has 0 saturated heterocycles. The summed E-state index contributed by atoms with van der Waals surface area (Å²) in [6, 6.07) is 2.11. The Morgan fingerprint density at radius 1 is 1.30 bits per heavy atom. The predicted molar refractivity (Wildman–Crippen MR) is 43.2 cm³/mol. The van der Waals surface area contributed by atoms with Crippen LogP contribution >= 0.6 is 0 Å². The summed E-state index contributed by atoms with van der Waals surface area (Å²) in [5.74, 6) is 0. The van der Waals surface area contributed by atoms with Gasteiger partial charge in [0.15, 0.2) is 0 Å². The second-order valence-corrected chi connectivity index (χ2v) is 2.16. The number of nitrogens with zero attached hydrogens (tertiary/aromatic N) is 1. The van der Waals surface area contributed by atoms with Crippen LogP contribution in [0, 0.1) is 18.3 Å². The van der Waals surface area contributed by atoms with Gasteiger partial charge in [0.25, 0.3) is 0 Å². The third kappa shape index (κ3) is 7.23. The summed E-state index contributed by atoms with van der Waals surface area (Å²) < 4.78 is 0. The van der Waals surface area contributed by atoms with Gasteiger partial charge in [0.1, 0.15) is 0 Å². The summed E-state index contributed by atoms with van der Waals surface area (Å²) in [6.07, 6.45) is 8.99. The number of unbranched alkanes of at least 4 members (excludes halogenated alkanes) is 3. The van der Waals surface area contributed by atoms with Gasteiger partial charge in [0.05, 0.1) is 6.07 Å². The van der Waals surface area contributed by atoms with Crippen molar-refractivity contribution >= 4 is 0 Å². The Morgan fingerprint density at radius 3 is 2.60 bits per heavy atom. The van der Waals surface area contributed by atoms with Gasteiger partial charge in [-0.2, -0.15) is 5.26 Å². The van der Waals surface area contributed by atoms with Crippen LogP contribution in [0.2, 0.25) is 0 Å². The van der Waals surface area contributed by atoms with Crippen LogP contribution in [0.4, 0.5) is 0 Å². The van der Waals surface area contributed by atoms with Gasteiger partial charge in [-0.15, -0.1) is 0 Å². The van der Waals surface area contributed by atoms with Crippen LogP contribution < -0.4 is 0 Å². The van der Waals surface area contributed by atoms with Gasteiger partial charge in [-0.1, -0.05) is 19.1 Å². The molecule has 0 fully saturated rings. The minimum absolute atomic E-state index is 0.675. The van der Waals surface area contributed by atoms with Crippen molar-refractivity contribution in [3.05, 3.63) is 19.1 Å². The van der Waals surface area contributed by atoms with Crippen LogP contribution in [0.5, 0.6) is 0 Å². The average Bonchev–Trinajstić information content (AvgIpc) is 1.97. The van der Waals surface area contributed by atoms with Crippen LogP contribution in [0.15, 0.2) is 12.2 Å². The molecule has 0 saturated carbocycles. The maximum atomic E-state index is 8.18. The highest BCUT2D eigenvalue weighted by Crippen LogP contribution is 1.96. The molecule has 10 heavy (non-hydrogen) atoms. The van der Waals surface area contributed by atoms with E-state index in [2.05, 4.69) is 25.1 Å². The summed E-state index contributed by atoms with van der Waals surface area (Å²) in [7, 11) is 0. The first-order chi connectivity index (χ1) is 4.91. The molecule has 0 aromatic carbocycles. The number of rotatable bonds is 5. The van der Waals surface area contributed by atoms with Gasteiger partial charge in [-0.05, 0) is 25.7 Å². The van der Waals surface area contributed by atoms with Crippen molar-refractivity contribution in [3.63, 3.8) is 0 Å². The maximum absolute atomic E-state index is 8.18. The van der Waals surface area contributed by atoms with E-state index < -0.39 is 0 Å². The molecule has 0 aromatic heterocycles. The normalized spacial score (nSPS) is 10.0. The summed E-state index contributed by atoms with van der Waals surface area (Å²) >= 11 is 0. The molecule has 1 nitrogen and oxygen atoms in total. The molecule has 0 N–H and O–H groups in total. The molecule has 1 heteroatoms. The molecular formula is C9H14N. The van der Waals surface area contributed by atoms with Gasteiger partial charge >= 0.3 is 0 Å². The second kappa shape index (κ2) is 8.23. The lowest BCUT2D eigenvalue weighted by atomic mass is 10.2. The monoisotopic (exact) mass is 136 g/mol. The van der Waals surface area contributed by atoms with Crippen molar-refractivity contribution in [1.29, 1.82) is 5.26 Å². The summed E-state index contributed by atoms with van der Waals surface area (Å²) in [5.41, 5.74) is 0. The molecule has 0 aliphatic heterocycles. The Balaban J connectivity index is 2.96. The van der Waals surface area contributed by atoms with E-state index in [0.29, 0.717) is 6.42 Å². The minimum atomic E-state index is 0.675. The quantitative estimate of drug-likeness (QED) is 0.421. The van der Waals surface area contributed by atoms with Crippen LogP contribution in [-0.4, -0.2) is 0 Å². The van der Waals surface area contributed by atoms with Gasteiger partial charge in [-0.3, -0.25) is 0 Å². The predicted octanol–water partition coefficient (Wildman–Crippen LogP) is 2.85. The number of allylic oxidation sites excluding steroid dienone is 2. The van der Waals surface area contributed by atoms with E-state index in [1.54, 1.807) is 0 Å². The van der Waals surface area contributed by atoms with E-state index in [1.807, 2.05) is 0 Å². The third-order valence-corrected chi connectivity index (χ3v) is 1.20. The van der Waals surface area contributed by atoms with E-state index in [1.165, 1.54) is 0 Å². The van der Waals surface area contributed by atoms with E-state index in [4.69, 9.17) is 5.26 Å². The molecule has 0 rings (SSSR count). The van der Waals surface area contributed by atoms with Crippen molar-refractivity contribution in [2.24, 2.45) is 0 Å². The van der Waals surface area contributed by atoms with Crippen LogP contribution in [-0.2, 0) is 0 Å². The van der Waals surface area contributed by atoms with Gasteiger partial charge in [-0.25, -0.2) is 0 Å². The lowest BCUT2D eigenvalue weighted by Gasteiger charge is -1.86. The standard InChI is InChI=1S/C9H14N/c1-2-3-4-5-6-7-8-9-10/h4-5H,1-3,6-8H2. The van der Waals surface area contributed by atoms with E-state index in [-0.39, 0.29) is 0 Å². The Labute approximate surface area is 63.4 Å². The summed E-state index contributed by atoms with van der Waals surface area (Å²) in [6.45, 7) is 3.72. The smallest absolute Gasteiger partial charge is 0.0621 e. The Bertz CT molecular complexity index is 119. The number of nitriles is 1. The van der Waals surface area contributed by atoms with E-state index in [9.17, 15) is 0 Å². The van der Waals surface area contributed by atoms with Crippen LogP contribution in [0.25, 0.3) is 0 Å². The topological polar surface area (TPSA) is 23.8 Å². The maximum Gasteiger partial charge on any atom is 0.0621 e. The van der Waals surface area contributed by atoms with E-state index in [0.717, 1.165) is 25.7 Å². The van der Waals surface area contributed by atoms with Crippen LogP contribution in [0.1, 0.15) is 32.1 Å². The Morgan fingerprint density at radius 2 is 2.00 bits per heavy atom. The van der Waals surface area contributed by atoms with Crippen LogP contribution in [0.3, 0.4) is 0 Å². The molecular weight excluding hydrogens is 122 g/mol. The number of hydrogen-bond donors (Lipinski definition) is 0. The van der Waals surface area contributed by atoms with E-state index >= 15 is 0 Å². The highest BCUT2D eigenvalue weighted by molar-refractivity contribution is 4.83. The summed E-state index contributed by atoms with van der Waals surface area (Å²) in [5, 5.41) is 8.18. The molecule has 55 valence electrons. The molecule has 0 aliphatic rings. The Hall–Kier alpha value is -0.770. The summed E-state index contributed by atoms with van der Waals surface area (Å²) in [4.78, 5) is 0. The fraction of sp³-hybridized carbons (Fsp3) is 0.556. The highest BCUT2D eigenvalue weighted by Gasteiger charge is 1.80. The third-order valence-electron chi connectivity index (χ3n) is 1.20. The average molecular weight is 136 g/mol. The second-order valence-electron chi connectivity index (χ2n) is 2.16. The molecule has 0 unspecified atom stereocenters. The molecule has 0 heterocycles. The van der Waals surface area contributed by atoms with Crippen molar-refractivity contribution in [2.75, 3.05) is 0 Å². The molecule has 0 atom stereocenters. The lowest BCUT2D eigenvalue weighted by Crippen LogP contribution is -1.68. The Kier molecular flexibility index (Phi) is 7.60. The molecule has 1 radical (unpaired) electrons. The lowest BCUT2D eigenvalue weighted by molar-refractivity contribution is 0.870. The zero-order valence-corrected chi connectivity index (χ0v) is 6.34. The first-order valence-corrected chi connectivity index (χ1v) is 3.73. The van der Waals surface area contributed by atoms with Crippen molar-refractivity contribution in [3.8, 4) is 6.07 Å². The van der Waals surface area contributed by atoms with Gasteiger partial charge < -0.3 is 0 Å². The fourth-order valence-corrected chi connectivity index (χ4v) is 0.653. The largest absolute Gasteiger partial charge is 0.198 e. The first kappa shape index (κ1) is 9.23.